The van der Waals surface area contributed by atoms with Gasteiger partial charge in [0.1, 0.15) is 28.6 Å². The van der Waals surface area contributed by atoms with Crippen molar-refractivity contribution in [2.24, 2.45) is 0 Å². The minimum Gasteiger partial charge on any atom is -0.508 e. The molecule has 0 radical (unpaired) electrons. The van der Waals surface area contributed by atoms with Crippen molar-refractivity contribution in [3.05, 3.63) is 47.5 Å². The summed E-state index contributed by atoms with van der Waals surface area (Å²) in [5.74, 6) is -1.28. The molecular weight excluding hydrogens is 276 g/mol. The zero-order valence-corrected chi connectivity index (χ0v) is 10.7. The average molecular weight is 288 g/mol. The van der Waals surface area contributed by atoms with Gasteiger partial charge in [-0.05, 0) is 24.3 Å². The number of Topliss-reactive ketones (excluding diaryl/α,β-unsaturated/α-hetero) is 1. The van der Waals surface area contributed by atoms with Crippen LogP contribution in [0.1, 0.15) is 22.0 Å². The molecule has 6 heteroatoms. The number of phenols is 3. The number of aliphatic hydroxyl groups is 1. The Morgan fingerprint density at radius 3 is 2.48 bits per heavy atom. The molecule has 6 nitrogen and oxygen atoms in total. The number of aromatic hydroxyl groups is 3. The number of ketones is 1. The summed E-state index contributed by atoms with van der Waals surface area (Å²) in [6, 6.07) is 8.09. The van der Waals surface area contributed by atoms with Gasteiger partial charge in [-0.25, -0.2) is 0 Å². The summed E-state index contributed by atoms with van der Waals surface area (Å²) in [4.78, 5) is 12.2. The van der Waals surface area contributed by atoms with Crippen LogP contribution in [0.4, 0.5) is 0 Å². The first-order chi connectivity index (χ1) is 9.99. The average Bonchev–Trinajstić information content (AvgIpc) is 2.43. The second kappa shape index (κ2) is 4.68. The lowest BCUT2D eigenvalue weighted by atomic mass is 9.92. The van der Waals surface area contributed by atoms with E-state index in [4.69, 9.17) is 4.74 Å². The second-order valence-corrected chi connectivity index (χ2v) is 4.74. The molecule has 0 amide bonds. The normalized spacial score (nSPS) is 20.7. The molecule has 108 valence electrons. The Morgan fingerprint density at radius 2 is 1.76 bits per heavy atom. The summed E-state index contributed by atoms with van der Waals surface area (Å²) in [5, 5.41) is 38.9. The molecule has 0 spiro atoms. The highest BCUT2D eigenvalue weighted by Crippen LogP contribution is 2.41. The van der Waals surface area contributed by atoms with Crippen LogP contribution >= 0.6 is 0 Å². The van der Waals surface area contributed by atoms with Crippen LogP contribution in [0.3, 0.4) is 0 Å². The van der Waals surface area contributed by atoms with Gasteiger partial charge in [0.15, 0.2) is 12.2 Å². The Balaban J connectivity index is 2.08. The summed E-state index contributed by atoms with van der Waals surface area (Å²) < 4.78 is 5.53. The van der Waals surface area contributed by atoms with Crippen LogP contribution in [0.25, 0.3) is 0 Å². The molecule has 0 bridgehead atoms. The maximum atomic E-state index is 12.2. The molecule has 4 N–H and O–H groups in total. The standard InChI is InChI=1S/C15H12O6/c16-7-4-5-8(10(18)6-7)15-14(20)13(19)12-9(17)2-1-3-11(12)21-15/h1-6,14-18,20H. The third-order valence-electron chi connectivity index (χ3n) is 3.38. The molecule has 0 saturated heterocycles. The monoisotopic (exact) mass is 288 g/mol. The number of ether oxygens (including phenoxy) is 1. The molecule has 0 aliphatic carbocycles. The van der Waals surface area contributed by atoms with E-state index in [1.807, 2.05) is 0 Å². The van der Waals surface area contributed by atoms with Crippen molar-refractivity contribution >= 4 is 5.78 Å². The van der Waals surface area contributed by atoms with Gasteiger partial charge in [-0.3, -0.25) is 4.79 Å². The van der Waals surface area contributed by atoms with Gasteiger partial charge in [-0.15, -0.1) is 0 Å². The van der Waals surface area contributed by atoms with Gasteiger partial charge < -0.3 is 25.2 Å². The van der Waals surface area contributed by atoms with E-state index in [1.54, 1.807) is 0 Å². The van der Waals surface area contributed by atoms with E-state index in [2.05, 4.69) is 0 Å². The number of hydrogen-bond acceptors (Lipinski definition) is 6. The van der Waals surface area contributed by atoms with Crippen LogP contribution in [0, 0.1) is 0 Å². The van der Waals surface area contributed by atoms with E-state index in [1.165, 1.54) is 30.3 Å². The summed E-state index contributed by atoms with van der Waals surface area (Å²) in [5.41, 5.74) is 0.0853. The zero-order chi connectivity index (χ0) is 15.1. The Morgan fingerprint density at radius 1 is 1.00 bits per heavy atom. The molecule has 2 aromatic rings. The van der Waals surface area contributed by atoms with Crippen molar-refractivity contribution in [2.75, 3.05) is 0 Å². The van der Waals surface area contributed by atoms with E-state index in [0.29, 0.717) is 0 Å². The quantitative estimate of drug-likeness (QED) is 0.633. The molecule has 1 heterocycles. The van der Waals surface area contributed by atoms with E-state index in [-0.39, 0.29) is 34.1 Å². The first-order valence-electron chi connectivity index (χ1n) is 6.22. The number of aliphatic hydroxyl groups excluding tert-OH is 1. The minimum atomic E-state index is -1.57. The molecule has 2 atom stereocenters. The van der Waals surface area contributed by atoms with Gasteiger partial charge in [0.25, 0.3) is 0 Å². The number of fused-ring (bicyclic) bond motifs is 1. The predicted octanol–water partition coefficient (Wildman–Crippen LogP) is 1.48. The largest absolute Gasteiger partial charge is 0.508 e. The summed E-state index contributed by atoms with van der Waals surface area (Å²) in [6.07, 6.45) is -2.69. The number of carbonyl (C=O) groups is 1. The van der Waals surface area contributed by atoms with Crippen LogP contribution in [0.15, 0.2) is 36.4 Å². The number of phenolic OH excluding ortho intramolecular Hbond substituents is 3. The third-order valence-corrected chi connectivity index (χ3v) is 3.38. The number of carbonyl (C=O) groups excluding carboxylic acids is 1. The first-order valence-corrected chi connectivity index (χ1v) is 6.22. The zero-order valence-electron chi connectivity index (χ0n) is 10.7. The van der Waals surface area contributed by atoms with Crippen molar-refractivity contribution < 1.29 is 30.0 Å². The molecule has 0 saturated carbocycles. The van der Waals surface area contributed by atoms with Crippen molar-refractivity contribution in [3.63, 3.8) is 0 Å². The highest BCUT2D eigenvalue weighted by molar-refractivity contribution is 6.05. The minimum absolute atomic E-state index is 0.0838. The molecule has 2 unspecified atom stereocenters. The van der Waals surface area contributed by atoms with Gasteiger partial charge in [0.2, 0.25) is 5.78 Å². The fourth-order valence-electron chi connectivity index (χ4n) is 2.36. The van der Waals surface area contributed by atoms with E-state index < -0.39 is 18.0 Å². The van der Waals surface area contributed by atoms with Crippen LogP contribution < -0.4 is 4.74 Å². The topological polar surface area (TPSA) is 107 Å². The predicted molar refractivity (Wildman–Crippen MR) is 71.6 cm³/mol. The molecule has 0 aromatic heterocycles. The van der Waals surface area contributed by atoms with Gasteiger partial charge >= 0.3 is 0 Å². The van der Waals surface area contributed by atoms with E-state index >= 15 is 0 Å². The molecule has 21 heavy (non-hydrogen) atoms. The van der Waals surface area contributed by atoms with Gasteiger partial charge in [0.05, 0.1) is 0 Å². The number of rotatable bonds is 1. The van der Waals surface area contributed by atoms with Crippen LogP contribution in [-0.4, -0.2) is 32.3 Å². The first kappa shape index (κ1) is 13.3. The van der Waals surface area contributed by atoms with Crippen LogP contribution in [0.2, 0.25) is 0 Å². The molecule has 1 aliphatic rings. The fourth-order valence-corrected chi connectivity index (χ4v) is 2.36. The molecule has 0 fully saturated rings. The van der Waals surface area contributed by atoms with E-state index in [0.717, 1.165) is 6.07 Å². The van der Waals surface area contributed by atoms with Crippen molar-refractivity contribution in [1.29, 1.82) is 0 Å². The van der Waals surface area contributed by atoms with Gasteiger partial charge in [0, 0.05) is 11.6 Å². The van der Waals surface area contributed by atoms with Crippen molar-refractivity contribution in [1.82, 2.24) is 0 Å². The van der Waals surface area contributed by atoms with Gasteiger partial charge in [-0.1, -0.05) is 6.07 Å². The third kappa shape index (κ3) is 2.05. The Labute approximate surface area is 119 Å². The maximum absolute atomic E-state index is 12.2. The molecular formula is C15H12O6. The second-order valence-electron chi connectivity index (χ2n) is 4.74. The SMILES string of the molecule is O=C1c2c(O)cccc2OC(c2ccc(O)cc2O)C1O. The lowest BCUT2D eigenvalue weighted by molar-refractivity contribution is 0.0204. The summed E-state index contributed by atoms with van der Waals surface area (Å²) in [7, 11) is 0. The number of benzene rings is 2. The lowest BCUT2D eigenvalue weighted by Crippen LogP contribution is -2.36. The highest BCUT2D eigenvalue weighted by atomic mass is 16.5. The Bertz CT molecular complexity index is 724. The summed E-state index contributed by atoms with van der Waals surface area (Å²) in [6.45, 7) is 0. The smallest absolute Gasteiger partial charge is 0.202 e. The maximum Gasteiger partial charge on any atom is 0.202 e. The van der Waals surface area contributed by atoms with Crippen LogP contribution in [0.5, 0.6) is 23.0 Å². The van der Waals surface area contributed by atoms with Crippen LogP contribution in [-0.2, 0) is 0 Å². The number of hydrogen-bond donors (Lipinski definition) is 4. The fraction of sp³-hybridized carbons (Fsp3) is 0.133. The van der Waals surface area contributed by atoms with Crippen molar-refractivity contribution in [2.45, 2.75) is 12.2 Å². The van der Waals surface area contributed by atoms with Gasteiger partial charge in [-0.2, -0.15) is 0 Å². The lowest BCUT2D eigenvalue weighted by Gasteiger charge is -2.30. The summed E-state index contributed by atoms with van der Waals surface area (Å²) >= 11 is 0. The van der Waals surface area contributed by atoms with Crippen molar-refractivity contribution in [3.8, 4) is 23.0 Å². The molecule has 2 aromatic carbocycles. The highest BCUT2D eigenvalue weighted by Gasteiger charge is 2.39. The molecule has 1 aliphatic heterocycles. The Hall–Kier alpha value is -2.73. The van der Waals surface area contributed by atoms with E-state index in [9.17, 15) is 25.2 Å². The Kier molecular flexibility index (Phi) is 2.95. The molecule has 3 rings (SSSR count).